The van der Waals surface area contributed by atoms with E-state index < -0.39 is 0 Å². The predicted octanol–water partition coefficient (Wildman–Crippen LogP) is 3.18. The molecular weight excluding hydrogens is 264 g/mol. The Balaban J connectivity index is 2.62. The summed E-state index contributed by atoms with van der Waals surface area (Å²) in [4.78, 5) is 14.4. The molecule has 118 valence electrons. The summed E-state index contributed by atoms with van der Waals surface area (Å²) in [5, 5.41) is 0. The van der Waals surface area contributed by atoms with Gasteiger partial charge in [-0.1, -0.05) is 27.7 Å². The van der Waals surface area contributed by atoms with Crippen LogP contribution in [-0.4, -0.2) is 36.6 Å². The van der Waals surface area contributed by atoms with Crippen LogP contribution in [0, 0.1) is 5.92 Å². The predicted molar refractivity (Wildman–Crippen MR) is 87.3 cm³/mol. The highest BCUT2D eigenvalue weighted by Crippen LogP contribution is 2.13. The second-order valence-electron chi connectivity index (χ2n) is 5.73. The van der Waals surface area contributed by atoms with Crippen molar-refractivity contribution in [3.8, 4) is 0 Å². The maximum Gasteiger partial charge on any atom is 0.338 e. The number of carbonyl (C=O) groups is 1. The number of benzene rings is 1. The van der Waals surface area contributed by atoms with Crippen molar-refractivity contribution in [2.24, 2.45) is 5.92 Å². The third-order valence-electron chi connectivity index (χ3n) is 3.63. The summed E-state index contributed by atoms with van der Waals surface area (Å²) in [5.41, 5.74) is 6.81. The fourth-order valence-electron chi connectivity index (χ4n) is 2.48. The number of likely N-dealkylation sites (N-methyl/N-ethyl adjacent to an activating group) is 1. The summed E-state index contributed by atoms with van der Waals surface area (Å²) in [6.45, 7) is 11.0. The van der Waals surface area contributed by atoms with Crippen LogP contribution in [0.15, 0.2) is 24.3 Å². The van der Waals surface area contributed by atoms with Crippen molar-refractivity contribution in [3.63, 3.8) is 0 Å². The third kappa shape index (κ3) is 5.76. The van der Waals surface area contributed by atoms with Gasteiger partial charge in [-0.05, 0) is 49.7 Å². The Labute approximate surface area is 128 Å². The average Bonchev–Trinajstić information content (AvgIpc) is 2.45. The molecule has 21 heavy (non-hydrogen) atoms. The smallest absolute Gasteiger partial charge is 0.338 e. The quantitative estimate of drug-likeness (QED) is 0.590. The Hall–Kier alpha value is -1.55. The first-order valence-corrected chi connectivity index (χ1v) is 7.74. The molecule has 0 aliphatic rings. The van der Waals surface area contributed by atoms with Gasteiger partial charge in [0.2, 0.25) is 0 Å². The summed E-state index contributed by atoms with van der Waals surface area (Å²) in [7, 11) is 0. The number of hydrogen-bond donors (Lipinski definition) is 1. The molecule has 0 heterocycles. The second kappa shape index (κ2) is 8.67. The number of rotatable bonds is 8. The van der Waals surface area contributed by atoms with E-state index in [0.29, 0.717) is 23.8 Å². The van der Waals surface area contributed by atoms with E-state index in [1.165, 1.54) is 0 Å². The van der Waals surface area contributed by atoms with Crippen molar-refractivity contribution in [2.75, 3.05) is 25.4 Å². The van der Waals surface area contributed by atoms with Crippen LogP contribution in [0.1, 0.15) is 44.5 Å². The molecule has 0 aliphatic carbocycles. The van der Waals surface area contributed by atoms with Gasteiger partial charge in [0, 0.05) is 11.7 Å². The topological polar surface area (TPSA) is 55.6 Å². The summed E-state index contributed by atoms with van der Waals surface area (Å²) in [6, 6.07) is 7.11. The van der Waals surface area contributed by atoms with Gasteiger partial charge >= 0.3 is 5.97 Å². The van der Waals surface area contributed by atoms with E-state index in [4.69, 9.17) is 10.5 Å². The molecule has 2 N–H and O–H groups in total. The zero-order valence-corrected chi connectivity index (χ0v) is 13.6. The first kappa shape index (κ1) is 17.5. The standard InChI is InChI=1S/C17H28N2O2/c1-5-19(6-2)16(11-13(3)4)12-21-17(20)14-7-9-15(18)10-8-14/h7-10,13,16H,5-6,11-12,18H2,1-4H3/t16-/m0/s1. The van der Waals surface area contributed by atoms with E-state index in [9.17, 15) is 4.79 Å². The van der Waals surface area contributed by atoms with Gasteiger partial charge in [-0.2, -0.15) is 0 Å². The van der Waals surface area contributed by atoms with Crippen LogP contribution in [0.4, 0.5) is 5.69 Å². The molecule has 0 aliphatic heterocycles. The Morgan fingerprint density at radius 2 is 1.76 bits per heavy atom. The Kier molecular flexibility index (Phi) is 7.23. The molecule has 0 aromatic heterocycles. The summed E-state index contributed by atoms with van der Waals surface area (Å²) in [6.07, 6.45) is 1.02. The van der Waals surface area contributed by atoms with Crippen LogP contribution in [0.5, 0.6) is 0 Å². The molecule has 4 nitrogen and oxygen atoms in total. The molecule has 1 aromatic carbocycles. The summed E-state index contributed by atoms with van der Waals surface area (Å²) < 4.78 is 5.49. The Morgan fingerprint density at radius 1 is 1.19 bits per heavy atom. The minimum Gasteiger partial charge on any atom is -0.460 e. The third-order valence-corrected chi connectivity index (χ3v) is 3.63. The largest absolute Gasteiger partial charge is 0.460 e. The number of nitrogens with two attached hydrogens (primary N) is 1. The number of esters is 1. The summed E-state index contributed by atoms with van der Waals surface area (Å²) in [5.74, 6) is 0.293. The van der Waals surface area contributed by atoms with Gasteiger partial charge in [0.05, 0.1) is 5.56 Å². The van der Waals surface area contributed by atoms with Gasteiger partial charge in [-0.15, -0.1) is 0 Å². The van der Waals surface area contributed by atoms with Crippen LogP contribution in [0.3, 0.4) is 0 Å². The number of nitrogens with zero attached hydrogens (tertiary/aromatic N) is 1. The van der Waals surface area contributed by atoms with Crippen molar-refractivity contribution < 1.29 is 9.53 Å². The van der Waals surface area contributed by atoms with Gasteiger partial charge in [0.25, 0.3) is 0 Å². The van der Waals surface area contributed by atoms with E-state index in [1.54, 1.807) is 24.3 Å². The Morgan fingerprint density at radius 3 is 2.24 bits per heavy atom. The number of hydrogen-bond acceptors (Lipinski definition) is 4. The highest BCUT2D eigenvalue weighted by molar-refractivity contribution is 5.89. The molecule has 0 amide bonds. The molecule has 0 spiro atoms. The molecule has 0 bridgehead atoms. The fourth-order valence-corrected chi connectivity index (χ4v) is 2.48. The Bertz CT molecular complexity index is 425. The molecule has 0 radical (unpaired) electrons. The molecule has 0 saturated carbocycles. The minimum atomic E-state index is -0.282. The number of ether oxygens (including phenoxy) is 1. The lowest BCUT2D eigenvalue weighted by Gasteiger charge is -2.30. The molecular formula is C17H28N2O2. The van der Waals surface area contributed by atoms with Crippen molar-refractivity contribution in [2.45, 2.75) is 40.2 Å². The number of nitrogen functional groups attached to an aromatic ring is 1. The van der Waals surface area contributed by atoms with E-state index in [0.717, 1.165) is 19.5 Å². The number of anilines is 1. The highest BCUT2D eigenvalue weighted by atomic mass is 16.5. The normalized spacial score (nSPS) is 12.7. The lowest BCUT2D eigenvalue weighted by Crippen LogP contribution is -2.40. The monoisotopic (exact) mass is 292 g/mol. The van der Waals surface area contributed by atoms with Crippen molar-refractivity contribution in [3.05, 3.63) is 29.8 Å². The SMILES string of the molecule is CCN(CC)[C@H](COC(=O)c1ccc(N)cc1)CC(C)C. The van der Waals surface area contributed by atoms with Crippen LogP contribution >= 0.6 is 0 Å². The second-order valence-corrected chi connectivity index (χ2v) is 5.73. The van der Waals surface area contributed by atoms with Crippen LogP contribution in [0.2, 0.25) is 0 Å². The first-order chi connectivity index (χ1) is 9.97. The van der Waals surface area contributed by atoms with Gasteiger partial charge in [0.1, 0.15) is 6.61 Å². The van der Waals surface area contributed by atoms with Gasteiger partial charge < -0.3 is 10.5 Å². The zero-order valence-electron chi connectivity index (χ0n) is 13.6. The molecule has 1 aromatic rings. The van der Waals surface area contributed by atoms with Crippen LogP contribution in [0.25, 0.3) is 0 Å². The van der Waals surface area contributed by atoms with E-state index in [-0.39, 0.29) is 12.0 Å². The number of carbonyl (C=O) groups excluding carboxylic acids is 1. The zero-order chi connectivity index (χ0) is 15.8. The minimum absolute atomic E-state index is 0.276. The molecule has 0 saturated heterocycles. The van der Waals surface area contributed by atoms with Crippen molar-refractivity contribution in [1.82, 2.24) is 4.90 Å². The van der Waals surface area contributed by atoms with E-state index in [2.05, 4.69) is 32.6 Å². The van der Waals surface area contributed by atoms with Gasteiger partial charge in [-0.25, -0.2) is 4.79 Å². The van der Waals surface area contributed by atoms with Crippen LogP contribution < -0.4 is 5.73 Å². The molecule has 0 fully saturated rings. The summed E-state index contributed by atoms with van der Waals surface area (Å²) >= 11 is 0. The van der Waals surface area contributed by atoms with Gasteiger partial charge in [0.15, 0.2) is 0 Å². The maximum absolute atomic E-state index is 12.1. The maximum atomic E-state index is 12.1. The fraction of sp³-hybridized carbons (Fsp3) is 0.588. The average molecular weight is 292 g/mol. The van der Waals surface area contributed by atoms with Crippen LogP contribution in [-0.2, 0) is 4.74 Å². The van der Waals surface area contributed by atoms with Crippen molar-refractivity contribution in [1.29, 1.82) is 0 Å². The molecule has 4 heteroatoms. The molecule has 0 unspecified atom stereocenters. The van der Waals surface area contributed by atoms with Crippen molar-refractivity contribution >= 4 is 11.7 Å². The highest BCUT2D eigenvalue weighted by Gasteiger charge is 2.19. The lowest BCUT2D eigenvalue weighted by atomic mass is 10.0. The molecule has 1 atom stereocenters. The first-order valence-electron chi connectivity index (χ1n) is 7.74. The van der Waals surface area contributed by atoms with E-state index in [1.807, 2.05) is 0 Å². The van der Waals surface area contributed by atoms with E-state index >= 15 is 0 Å². The lowest BCUT2D eigenvalue weighted by molar-refractivity contribution is 0.0331. The van der Waals surface area contributed by atoms with Gasteiger partial charge in [-0.3, -0.25) is 4.90 Å². The molecule has 1 rings (SSSR count).